The molecule has 2 heterocycles. The predicted molar refractivity (Wildman–Crippen MR) is 71.2 cm³/mol. The normalized spacial score (nSPS) is 16.2. The van der Waals surface area contributed by atoms with Crippen LogP contribution in [-0.4, -0.2) is 26.5 Å². The fraction of sp³-hybridized carbons (Fsp3) is 0.429. The highest BCUT2D eigenvalue weighted by Crippen LogP contribution is 2.18. The molecule has 5 heteroatoms. The minimum atomic E-state index is -0.932. The molecule has 2 aromatic rings. The van der Waals surface area contributed by atoms with E-state index in [1.165, 1.54) is 25.7 Å². The molecule has 1 fully saturated rings. The van der Waals surface area contributed by atoms with E-state index in [9.17, 15) is 4.79 Å². The average molecular weight is 259 g/mol. The van der Waals surface area contributed by atoms with Gasteiger partial charge in [-0.25, -0.2) is 9.78 Å². The number of rotatable bonds is 4. The summed E-state index contributed by atoms with van der Waals surface area (Å²) < 4.78 is 1.63. The summed E-state index contributed by atoms with van der Waals surface area (Å²) in [6, 6.07) is 5.72. The molecule has 0 atom stereocenters. The Balaban J connectivity index is 1.80. The minimum absolute atomic E-state index is 0.247. The third-order valence-corrected chi connectivity index (χ3v) is 3.69. The van der Waals surface area contributed by atoms with Gasteiger partial charge in [0.05, 0.1) is 5.69 Å². The Bertz CT molecular complexity index is 600. The molecule has 0 spiro atoms. The van der Waals surface area contributed by atoms with Crippen LogP contribution in [0.15, 0.2) is 24.4 Å². The van der Waals surface area contributed by atoms with Crippen molar-refractivity contribution < 1.29 is 9.90 Å². The van der Waals surface area contributed by atoms with Crippen LogP contribution in [0.25, 0.3) is 5.65 Å². The van der Waals surface area contributed by atoms with E-state index < -0.39 is 5.97 Å². The molecule has 1 aliphatic carbocycles. The van der Waals surface area contributed by atoms with Crippen molar-refractivity contribution >= 4 is 11.6 Å². The van der Waals surface area contributed by atoms with Crippen LogP contribution in [0.1, 0.15) is 41.9 Å². The lowest BCUT2D eigenvalue weighted by Gasteiger charge is -2.09. The number of carboxylic acids is 1. The number of carboxylic acid groups (broad SMARTS) is 1. The highest BCUT2D eigenvalue weighted by atomic mass is 16.4. The standard InChI is InChI=1S/C14H17N3O2/c18-14(19)12-6-3-7-13-16-11(9-17(12)13)8-15-10-4-1-2-5-10/h3,6-7,9-10,15H,1-2,4-5,8H2,(H,18,19). The Labute approximate surface area is 111 Å². The SMILES string of the molecule is O=C(O)c1cccc2nc(CNC3CCCC3)cn12. The van der Waals surface area contributed by atoms with Crippen molar-refractivity contribution in [3.05, 3.63) is 35.8 Å². The Morgan fingerprint density at radius 1 is 1.42 bits per heavy atom. The van der Waals surface area contributed by atoms with E-state index in [2.05, 4.69) is 10.3 Å². The molecule has 1 aliphatic rings. The summed E-state index contributed by atoms with van der Waals surface area (Å²) >= 11 is 0. The number of hydrogen-bond acceptors (Lipinski definition) is 3. The number of nitrogens with zero attached hydrogens (tertiary/aromatic N) is 2. The van der Waals surface area contributed by atoms with Gasteiger partial charge in [0.25, 0.3) is 0 Å². The first-order valence-corrected chi connectivity index (χ1v) is 6.68. The first-order chi connectivity index (χ1) is 9.24. The maximum Gasteiger partial charge on any atom is 0.352 e. The van der Waals surface area contributed by atoms with Gasteiger partial charge in [0.2, 0.25) is 0 Å². The van der Waals surface area contributed by atoms with Gasteiger partial charge in [0, 0.05) is 18.8 Å². The van der Waals surface area contributed by atoms with Gasteiger partial charge in [-0.2, -0.15) is 0 Å². The van der Waals surface area contributed by atoms with Crippen molar-refractivity contribution in [3.63, 3.8) is 0 Å². The van der Waals surface area contributed by atoms with Gasteiger partial charge >= 0.3 is 5.97 Å². The molecular weight excluding hydrogens is 242 g/mol. The monoisotopic (exact) mass is 259 g/mol. The first-order valence-electron chi connectivity index (χ1n) is 6.68. The van der Waals surface area contributed by atoms with E-state index in [0.29, 0.717) is 18.2 Å². The van der Waals surface area contributed by atoms with Gasteiger partial charge in [0.15, 0.2) is 0 Å². The minimum Gasteiger partial charge on any atom is -0.477 e. The summed E-state index contributed by atoms with van der Waals surface area (Å²) in [7, 11) is 0. The summed E-state index contributed by atoms with van der Waals surface area (Å²) in [6.45, 7) is 0.700. The van der Waals surface area contributed by atoms with E-state index in [-0.39, 0.29) is 5.69 Å². The summed E-state index contributed by atoms with van der Waals surface area (Å²) in [5, 5.41) is 12.6. The molecule has 5 nitrogen and oxygen atoms in total. The highest BCUT2D eigenvalue weighted by molar-refractivity contribution is 5.86. The number of imidazole rings is 1. The number of fused-ring (bicyclic) bond motifs is 1. The molecule has 2 aromatic heterocycles. The topological polar surface area (TPSA) is 66.6 Å². The summed E-state index contributed by atoms with van der Waals surface area (Å²) in [5.41, 5.74) is 1.82. The van der Waals surface area contributed by atoms with Crippen molar-refractivity contribution in [2.45, 2.75) is 38.3 Å². The van der Waals surface area contributed by atoms with Crippen LogP contribution in [0.2, 0.25) is 0 Å². The molecule has 1 saturated carbocycles. The third-order valence-electron chi connectivity index (χ3n) is 3.69. The van der Waals surface area contributed by atoms with Crippen LogP contribution in [0.3, 0.4) is 0 Å². The average Bonchev–Trinajstić information content (AvgIpc) is 3.04. The Morgan fingerprint density at radius 2 is 2.21 bits per heavy atom. The zero-order chi connectivity index (χ0) is 13.2. The smallest absolute Gasteiger partial charge is 0.352 e. The summed E-state index contributed by atoms with van der Waals surface area (Å²) in [5.74, 6) is -0.932. The fourth-order valence-electron chi connectivity index (χ4n) is 2.70. The second-order valence-electron chi connectivity index (χ2n) is 5.04. The molecule has 0 saturated heterocycles. The maximum absolute atomic E-state index is 11.1. The number of nitrogens with one attached hydrogen (secondary N) is 1. The number of pyridine rings is 1. The molecule has 19 heavy (non-hydrogen) atoms. The number of aromatic nitrogens is 2. The second-order valence-corrected chi connectivity index (χ2v) is 5.04. The molecule has 0 aromatic carbocycles. The second kappa shape index (κ2) is 5.01. The Kier molecular flexibility index (Phi) is 3.21. The van der Waals surface area contributed by atoms with Crippen LogP contribution < -0.4 is 5.32 Å². The maximum atomic E-state index is 11.1. The summed E-state index contributed by atoms with van der Waals surface area (Å²) in [4.78, 5) is 15.6. The van der Waals surface area contributed by atoms with Gasteiger partial charge in [-0.15, -0.1) is 0 Å². The number of aromatic carboxylic acids is 1. The number of hydrogen-bond donors (Lipinski definition) is 2. The zero-order valence-corrected chi connectivity index (χ0v) is 10.7. The molecule has 0 unspecified atom stereocenters. The van der Waals surface area contributed by atoms with Crippen molar-refractivity contribution in [3.8, 4) is 0 Å². The number of carbonyl (C=O) groups is 1. The zero-order valence-electron chi connectivity index (χ0n) is 10.7. The van der Waals surface area contributed by atoms with Crippen LogP contribution in [-0.2, 0) is 6.54 Å². The largest absolute Gasteiger partial charge is 0.477 e. The lowest BCUT2D eigenvalue weighted by Crippen LogP contribution is -2.25. The van der Waals surface area contributed by atoms with Crippen LogP contribution in [0.5, 0.6) is 0 Å². The Morgan fingerprint density at radius 3 is 2.95 bits per heavy atom. The van der Waals surface area contributed by atoms with E-state index >= 15 is 0 Å². The van der Waals surface area contributed by atoms with Crippen molar-refractivity contribution in [1.82, 2.24) is 14.7 Å². The quantitative estimate of drug-likeness (QED) is 0.882. The van der Waals surface area contributed by atoms with E-state index in [1.54, 1.807) is 22.7 Å². The van der Waals surface area contributed by atoms with Crippen LogP contribution in [0, 0.1) is 0 Å². The molecule has 0 radical (unpaired) electrons. The molecule has 3 rings (SSSR count). The van der Waals surface area contributed by atoms with Gasteiger partial charge in [-0.05, 0) is 25.0 Å². The Hall–Kier alpha value is -1.88. The molecule has 100 valence electrons. The fourth-order valence-corrected chi connectivity index (χ4v) is 2.70. The van der Waals surface area contributed by atoms with E-state index in [0.717, 1.165) is 5.69 Å². The van der Waals surface area contributed by atoms with Gasteiger partial charge in [-0.1, -0.05) is 18.9 Å². The summed E-state index contributed by atoms with van der Waals surface area (Å²) in [6.07, 6.45) is 6.86. The third kappa shape index (κ3) is 2.46. The van der Waals surface area contributed by atoms with Crippen molar-refractivity contribution in [1.29, 1.82) is 0 Å². The predicted octanol–water partition coefficient (Wildman–Crippen LogP) is 2.06. The van der Waals surface area contributed by atoms with Crippen molar-refractivity contribution in [2.24, 2.45) is 0 Å². The van der Waals surface area contributed by atoms with Crippen LogP contribution >= 0.6 is 0 Å². The molecule has 0 bridgehead atoms. The van der Waals surface area contributed by atoms with Gasteiger partial charge in [0.1, 0.15) is 11.3 Å². The van der Waals surface area contributed by atoms with Gasteiger partial charge < -0.3 is 10.4 Å². The van der Waals surface area contributed by atoms with Crippen molar-refractivity contribution in [2.75, 3.05) is 0 Å². The highest BCUT2D eigenvalue weighted by Gasteiger charge is 2.15. The van der Waals surface area contributed by atoms with Crippen LogP contribution in [0.4, 0.5) is 0 Å². The van der Waals surface area contributed by atoms with Gasteiger partial charge in [-0.3, -0.25) is 4.40 Å². The lowest BCUT2D eigenvalue weighted by atomic mass is 10.2. The molecule has 2 N–H and O–H groups in total. The lowest BCUT2D eigenvalue weighted by molar-refractivity contribution is 0.0689. The van der Waals surface area contributed by atoms with E-state index in [4.69, 9.17) is 5.11 Å². The molecule has 0 aliphatic heterocycles. The first kappa shape index (κ1) is 12.2. The molecular formula is C14H17N3O2. The molecule has 0 amide bonds. The van der Waals surface area contributed by atoms with E-state index in [1.807, 2.05) is 6.07 Å².